The number of benzene rings is 2. The lowest BCUT2D eigenvalue weighted by Crippen LogP contribution is -2.21. The van der Waals surface area contributed by atoms with E-state index in [0.717, 1.165) is 12.1 Å². The van der Waals surface area contributed by atoms with Crippen LogP contribution in [0.5, 0.6) is 5.75 Å². The number of hydrogen-bond donors (Lipinski definition) is 1. The van der Waals surface area contributed by atoms with E-state index in [-0.39, 0.29) is 29.2 Å². The summed E-state index contributed by atoms with van der Waals surface area (Å²) < 4.78 is 31.6. The predicted octanol–water partition coefficient (Wildman–Crippen LogP) is 4.23. The van der Waals surface area contributed by atoms with Gasteiger partial charge < -0.3 is 10.1 Å². The first kappa shape index (κ1) is 17.9. The van der Waals surface area contributed by atoms with E-state index in [2.05, 4.69) is 5.32 Å². The molecule has 1 amide bonds. The molecule has 0 aromatic heterocycles. The average Bonchev–Trinajstić information content (AvgIpc) is 2.55. The lowest BCUT2D eigenvalue weighted by atomic mass is 10.1. The summed E-state index contributed by atoms with van der Waals surface area (Å²) in [6.45, 7) is 1.25. The summed E-state index contributed by atoms with van der Waals surface area (Å²) >= 11 is 5.86. The molecule has 7 heteroatoms. The zero-order chi connectivity index (χ0) is 17.7. The Balaban J connectivity index is 2.05. The van der Waals surface area contributed by atoms with E-state index in [1.165, 1.54) is 18.2 Å². The number of carbonyl (C=O) groups is 2. The third-order valence-corrected chi connectivity index (χ3v) is 3.36. The van der Waals surface area contributed by atoms with Crippen LogP contribution in [0.3, 0.4) is 0 Å². The van der Waals surface area contributed by atoms with E-state index < -0.39 is 24.1 Å². The van der Waals surface area contributed by atoms with Crippen LogP contribution in [0.2, 0.25) is 5.02 Å². The van der Waals surface area contributed by atoms with Gasteiger partial charge in [0, 0.05) is 17.5 Å². The Kier molecular flexibility index (Phi) is 5.87. The first-order valence-electron chi connectivity index (χ1n) is 7.11. The second kappa shape index (κ2) is 7.88. The highest BCUT2D eigenvalue weighted by molar-refractivity contribution is 6.31. The van der Waals surface area contributed by atoms with Gasteiger partial charge in [-0.1, -0.05) is 18.5 Å². The molecule has 0 bridgehead atoms. The molecule has 0 unspecified atom stereocenters. The molecule has 0 heterocycles. The zero-order valence-electron chi connectivity index (χ0n) is 12.7. The highest BCUT2D eigenvalue weighted by Gasteiger charge is 2.14. The molecule has 0 atom stereocenters. The Labute approximate surface area is 142 Å². The van der Waals surface area contributed by atoms with Crippen molar-refractivity contribution in [2.45, 2.75) is 13.3 Å². The SMILES string of the molecule is CCC(=O)c1cc(Cl)ccc1OCC(=O)Nc1ccc(F)cc1F. The van der Waals surface area contributed by atoms with E-state index in [0.29, 0.717) is 11.1 Å². The fourth-order valence-corrected chi connectivity index (χ4v) is 2.13. The van der Waals surface area contributed by atoms with Crippen LogP contribution in [0.15, 0.2) is 36.4 Å². The van der Waals surface area contributed by atoms with Crippen LogP contribution in [0, 0.1) is 11.6 Å². The Hall–Kier alpha value is -2.47. The Morgan fingerprint density at radius 3 is 2.58 bits per heavy atom. The summed E-state index contributed by atoms with van der Waals surface area (Å²) in [6.07, 6.45) is 0.254. The number of anilines is 1. The maximum atomic E-state index is 13.5. The van der Waals surface area contributed by atoms with Crippen molar-refractivity contribution >= 4 is 29.0 Å². The largest absolute Gasteiger partial charge is 0.483 e. The number of nitrogens with one attached hydrogen (secondary N) is 1. The monoisotopic (exact) mass is 353 g/mol. The zero-order valence-corrected chi connectivity index (χ0v) is 13.5. The van der Waals surface area contributed by atoms with E-state index in [1.807, 2.05) is 0 Å². The molecule has 2 aromatic rings. The molecule has 0 radical (unpaired) electrons. The van der Waals surface area contributed by atoms with Crippen LogP contribution >= 0.6 is 11.6 Å². The molecule has 1 N–H and O–H groups in total. The van der Waals surface area contributed by atoms with Gasteiger partial charge in [0.05, 0.1) is 11.3 Å². The fraction of sp³-hybridized carbons (Fsp3) is 0.176. The molecule has 126 valence electrons. The van der Waals surface area contributed by atoms with Crippen LogP contribution < -0.4 is 10.1 Å². The summed E-state index contributed by atoms with van der Waals surface area (Å²) in [5, 5.41) is 2.64. The topological polar surface area (TPSA) is 55.4 Å². The summed E-state index contributed by atoms with van der Waals surface area (Å²) in [6, 6.07) is 7.26. The molecule has 0 aliphatic heterocycles. The van der Waals surface area contributed by atoms with Crippen LogP contribution in [-0.4, -0.2) is 18.3 Å². The number of ether oxygens (including phenoxy) is 1. The second-order valence-electron chi connectivity index (χ2n) is 4.88. The number of ketones is 1. The van der Waals surface area contributed by atoms with Gasteiger partial charge in [-0.15, -0.1) is 0 Å². The minimum atomic E-state index is -0.892. The van der Waals surface area contributed by atoms with Gasteiger partial charge in [0.2, 0.25) is 0 Å². The van der Waals surface area contributed by atoms with Gasteiger partial charge in [0.15, 0.2) is 12.4 Å². The normalized spacial score (nSPS) is 10.3. The number of amides is 1. The summed E-state index contributed by atoms with van der Waals surface area (Å²) in [7, 11) is 0. The van der Waals surface area contributed by atoms with Crippen molar-refractivity contribution < 1.29 is 23.1 Å². The third-order valence-electron chi connectivity index (χ3n) is 3.13. The Bertz CT molecular complexity index is 780. The van der Waals surface area contributed by atoms with E-state index in [4.69, 9.17) is 16.3 Å². The van der Waals surface area contributed by atoms with Gasteiger partial charge in [-0.2, -0.15) is 0 Å². The first-order valence-corrected chi connectivity index (χ1v) is 7.49. The Morgan fingerprint density at radius 1 is 1.17 bits per heavy atom. The van der Waals surface area contributed by atoms with Crippen molar-refractivity contribution in [1.29, 1.82) is 0 Å². The van der Waals surface area contributed by atoms with E-state index in [9.17, 15) is 18.4 Å². The number of halogens is 3. The highest BCUT2D eigenvalue weighted by Crippen LogP contribution is 2.24. The number of rotatable bonds is 6. The lowest BCUT2D eigenvalue weighted by molar-refractivity contribution is -0.118. The van der Waals surface area contributed by atoms with Crippen molar-refractivity contribution in [3.8, 4) is 5.75 Å². The molecule has 0 aliphatic rings. The number of carbonyl (C=O) groups excluding carboxylic acids is 2. The average molecular weight is 354 g/mol. The van der Waals surface area contributed by atoms with Crippen molar-refractivity contribution in [1.82, 2.24) is 0 Å². The van der Waals surface area contributed by atoms with Gasteiger partial charge in [-0.25, -0.2) is 8.78 Å². The minimum Gasteiger partial charge on any atom is -0.483 e. The van der Waals surface area contributed by atoms with Crippen molar-refractivity contribution in [3.63, 3.8) is 0 Å². The smallest absolute Gasteiger partial charge is 0.262 e. The summed E-state index contributed by atoms with van der Waals surface area (Å²) in [4.78, 5) is 23.7. The van der Waals surface area contributed by atoms with Crippen molar-refractivity contribution in [3.05, 3.63) is 58.6 Å². The number of Topliss-reactive ketones (excluding diaryl/α,β-unsaturated/α-hetero) is 1. The second-order valence-corrected chi connectivity index (χ2v) is 5.31. The molecular weight excluding hydrogens is 340 g/mol. The number of hydrogen-bond acceptors (Lipinski definition) is 3. The van der Waals surface area contributed by atoms with Crippen LogP contribution in [0.1, 0.15) is 23.7 Å². The van der Waals surface area contributed by atoms with Crippen molar-refractivity contribution in [2.75, 3.05) is 11.9 Å². The molecular formula is C17H14ClF2NO3. The van der Waals surface area contributed by atoms with Gasteiger partial charge in [-0.05, 0) is 30.3 Å². The van der Waals surface area contributed by atoms with Crippen LogP contribution in [-0.2, 0) is 4.79 Å². The molecule has 0 aliphatic carbocycles. The molecule has 2 rings (SSSR count). The molecule has 0 saturated heterocycles. The van der Waals surface area contributed by atoms with Gasteiger partial charge in [-0.3, -0.25) is 9.59 Å². The van der Waals surface area contributed by atoms with Crippen molar-refractivity contribution in [2.24, 2.45) is 0 Å². The molecule has 2 aromatic carbocycles. The molecule has 4 nitrogen and oxygen atoms in total. The van der Waals surface area contributed by atoms with E-state index in [1.54, 1.807) is 6.92 Å². The molecule has 24 heavy (non-hydrogen) atoms. The molecule has 0 spiro atoms. The fourth-order valence-electron chi connectivity index (χ4n) is 1.96. The van der Waals surface area contributed by atoms with Gasteiger partial charge in [0.25, 0.3) is 5.91 Å². The maximum Gasteiger partial charge on any atom is 0.262 e. The van der Waals surface area contributed by atoms with Gasteiger partial charge >= 0.3 is 0 Å². The highest BCUT2D eigenvalue weighted by atomic mass is 35.5. The maximum absolute atomic E-state index is 13.5. The van der Waals surface area contributed by atoms with E-state index >= 15 is 0 Å². The van der Waals surface area contributed by atoms with Crippen LogP contribution in [0.25, 0.3) is 0 Å². The lowest BCUT2D eigenvalue weighted by Gasteiger charge is -2.11. The standard InChI is InChI=1S/C17H14ClF2NO3/c1-2-15(22)12-7-10(18)3-6-16(12)24-9-17(23)21-14-5-4-11(19)8-13(14)20/h3-8H,2,9H2,1H3,(H,21,23). The van der Waals surface area contributed by atoms with Gasteiger partial charge in [0.1, 0.15) is 17.4 Å². The summed E-state index contributed by atoms with van der Waals surface area (Å²) in [5.41, 5.74) is 0.108. The molecule has 0 saturated carbocycles. The quantitative estimate of drug-likeness (QED) is 0.791. The minimum absolute atomic E-state index is 0.161. The Morgan fingerprint density at radius 2 is 1.92 bits per heavy atom. The van der Waals surface area contributed by atoms with Crippen LogP contribution in [0.4, 0.5) is 14.5 Å². The predicted molar refractivity (Wildman–Crippen MR) is 86.6 cm³/mol. The third kappa shape index (κ3) is 4.52. The molecule has 0 fully saturated rings. The summed E-state index contributed by atoms with van der Waals surface area (Å²) in [5.74, 6) is -2.26. The first-order chi connectivity index (χ1) is 11.4.